The van der Waals surface area contributed by atoms with Crippen LogP contribution in [0.5, 0.6) is 0 Å². The van der Waals surface area contributed by atoms with Crippen LogP contribution >= 0.6 is 22.9 Å². The summed E-state index contributed by atoms with van der Waals surface area (Å²) in [7, 11) is 0. The zero-order valence-electron chi connectivity index (χ0n) is 8.93. The predicted octanol–water partition coefficient (Wildman–Crippen LogP) is 1.73. The number of halogens is 1. The van der Waals surface area contributed by atoms with Crippen molar-refractivity contribution in [3.63, 3.8) is 0 Å². The largest absolute Gasteiger partial charge is 0.481 e. The van der Waals surface area contributed by atoms with Crippen molar-refractivity contribution in [2.24, 2.45) is 5.92 Å². The lowest BCUT2D eigenvalue weighted by Crippen LogP contribution is -2.42. The van der Waals surface area contributed by atoms with Crippen LogP contribution in [0.1, 0.15) is 22.5 Å². The number of carbonyl (C=O) groups excluding carboxylic acids is 1. The van der Waals surface area contributed by atoms with Crippen LogP contribution in [-0.4, -0.2) is 40.0 Å². The first-order valence-electron chi connectivity index (χ1n) is 5.20. The fourth-order valence-corrected chi connectivity index (χ4v) is 2.84. The summed E-state index contributed by atoms with van der Waals surface area (Å²) < 4.78 is 0. The van der Waals surface area contributed by atoms with Crippen molar-refractivity contribution in [3.05, 3.63) is 15.5 Å². The van der Waals surface area contributed by atoms with E-state index in [4.69, 9.17) is 16.7 Å². The molecule has 0 bridgehead atoms. The number of carboxylic acid groups (broad SMARTS) is 1. The summed E-state index contributed by atoms with van der Waals surface area (Å²) in [5, 5.41) is 9.14. The highest BCUT2D eigenvalue weighted by Crippen LogP contribution is 2.24. The molecule has 1 N–H and O–H groups in total. The van der Waals surface area contributed by atoms with Gasteiger partial charge in [-0.1, -0.05) is 11.6 Å². The number of hydrogen-bond donors (Lipinski definition) is 1. The van der Waals surface area contributed by atoms with Gasteiger partial charge < -0.3 is 10.0 Å². The van der Waals surface area contributed by atoms with Gasteiger partial charge in [-0.05, 0) is 12.8 Å². The molecule has 1 aromatic rings. The summed E-state index contributed by atoms with van der Waals surface area (Å²) in [4.78, 5) is 28.7. The van der Waals surface area contributed by atoms with E-state index in [9.17, 15) is 9.59 Å². The number of carboxylic acids is 1. The SMILES string of the molecule is O=C(O)C1CCCN(C(=O)c2scnc2Cl)C1. The fourth-order valence-electron chi connectivity index (χ4n) is 1.88. The molecule has 1 fully saturated rings. The van der Waals surface area contributed by atoms with Crippen LogP contribution in [0.25, 0.3) is 0 Å². The molecule has 1 aliphatic heterocycles. The van der Waals surface area contributed by atoms with Crippen molar-refractivity contribution in [1.29, 1.82) is 0 Å². The highest BCUT2D eigenvalue weighted by atomic mass is 35.5. The highest BCUT2D eigenvalue weighted by Gasteiger charge is 2.30. The summed E-state index contributed by atoms with van der Waals surface area (Å²) in [6.07, 6.45) is 1.33. The Hall–Kier alpha value is -1.14. The van der Waals surface area contributed by atoms with Gasteiger partial charge in [-0.25, -0.2) is 4.98 Å². The maximum Gasteiger partial charge on any atom is 0.308 e. The number of aromatic nitrogens is 1. The van der Waals surface area contributed by atoms with Gasteiger partial charge in [0.25, 0.3) is 5.91 Å². The zero-order chi connectivity index (χ0) is 12.4. The molecular weight excluding hydrogens is 264 g/mol. The van der Waals surface area contributed by atoms with E-state index in [1.807, 2.05) is 0 Å². The van der Waals surface area contributed by atoms with Crippen LogP contribution in [0.3, 0.4) is 0 Å². The van der Waals surface area contributed by atoms with Gasteiger partial charge in [0.05, 0.1) is 11.4 Å². The molecule has 5 nitrogen and oxygen atoms in total. The topological polar surface area (TPSA) is 70.5 Å². The average Bonchev–Trinajstić information content (AvgIpc) is 2.74. The third kappa shape index (κ3) is 2.58. The van der Waals surface area contributed by atoms with Gasteiger partial charge in [0, 0.05) is 13.1 Å². The molecule has 7 heteroatoms. The molecule has 0 aliphatic carbocycles. The summed E-state index contributed by atoms with van der Waals surface area (Å²) in [6, 6.07) is 0. The zero-order valence-corrected chi connectivity index (χ0v) is 10.5. The number of likely N-dealkylation sites (tertiary alicyclic amines) is 1. The smallest absolute Gasteiger partial charge is 0.308 e. The van der Waals surface area contributed by atoms with Gasteiger partial charge in [-0.3, -0.25) is 9.59 Å². The molecule has 1 saturated heterocycles. The second kappa shape index (κ2) is 5.01. The average molecular weight is 275 g/mol. The Morgan fingerprint density at radius 1 is 1.59 bits per heavy atom. The predicted molar refractivity (Wildman–Crippen MR) is 63.4 cm³/mol. The second-order valence-corrected chi connectivity index (χ2v) is 5.11. The molecule has 2 heterocycles. The number of aliphatic carboxylic acids is 1. The number of nitrogens with zero attached hydrogens (tertiary/aromatic N) is 2. The van der Waals surface area contributed by atoms with E-state index in [1.165, 1.54) is 16.8 Å². The van der Waals surface area contributed by atoms with Gasteiger partial charge in [0.1, 0.15) is 4.88 Å². The Balaban J connectivity index is 2.10. The van der Waals surface area contributed by atoms with Crippen molar-refractivity contribution in [3.8, 4) is 0 Å². The normalized spacial score (nSPS) is 20.3. The first-order chi connectivity index (χ1) is 8.09. The van der Waals surface area contributed by atoms with E-state index in [0.29, 0.717) is 24.3 Å². The van der Waals surface area contributed by atoms with Gasteiger partial charge in [0.15, 0.2) is 5.15 Å². The molecular formula is C10H11ClN2O3S. The van der Waals surface area contributed by atoms with Gasteiger partial charge in [-0.2, -0.15) is 0 Å². The summed E-state index contributed by atoms with van der Waals surface area (Å²) in [6.45, 7) is 0.833. The lowest BCUT2D eigenvalue weighted by atomic mass is 9.98. The van der Waals surface area contributed by atoms with Crippen molar-refractivity contribution < 1.29 is 14.7 Å². The van der Waals surface area contributed by atoms with Crippen molar-refractivity contribution in [1.82, 2.24) is 9.88 Å². The lowest BCUT2D eigenvalue weighted by molar-refractivity contribution is -0.143. The third-order valence-corrected chi connectivity index (χ3v) is 3.99. The van der Waals surface area contributed by atoms with E-state index < -0.39 is 11.9 Å². The summed E-state index contributed by atoms with van der Waals surface area (Å²) in [5.74, 6) is -1.54. The Labute approximate surface area is 107 Å². The van der Waals surface area contributed by atoms with E-state index in [0.717, 1.165) is 0 Å². The Morgan fingerprint density at radius 3 is 2.94 bits per heavy atom. The Bertz CT molecular complexity index is 449. The third-order valence-electron chi connectivity index (χ3n) is 2.78. The van der Waals surface area contributed by atoms with Crippen molar-refractivity contribution in [2.45, 2.75) is 12.8 Å². The molecule has 92 valence electrons. The van der Waals surface area contributed by atoms with E-state index in [2.05, 4.69) is 4.98 Å². The van der Waals surface area contributed by atoms with E-state index in [-0.39, 0.29) is 17.6 Å². The van der Waals surface area contributed by atoms with Crippen LogP contribution in [0.2, 0.25) is 5.15 Å². The number of piperidine rings is 1. The standard InChI is InChI=1S/C10H11ClN2O3S/c11-8-7(17-5-12-8)9(14)13-3-1-2-6(4-13)10(15)16/h5-6H,1-4H2,(H,15,16). The van der Waals surface area contributed by atoms with Gasteiger partial charge >= 0.3 is 5.97 Å². The molecule has 1 aromatic heterocycles. The molecule has 1 aliphatic rings. The van der Waals surface area contributed by atoms with Gasteiger partial charge in [-0.15, -0.1) is 11.3 Å². The maximum atomic E-state index is 12.1. The molecule has 2 rings (SSSR count). The molecule has 17 heavy (non-hydrogen) atoms. The Morgan fingerprint density at radius 2 is 2.35 bits per heavy atom. The quantitative estimate of drug-likeness (QED) is 0.892. The number of rotatable bonds is 2. The monoisotopic (exact) mass is 274 g/mol. The molecule has 1 unspecified atom stereocenters. The van der Waals surface area contributed by atoms with Crippen LogP contribution in [0, 0.1) is 5.92 Å². The molecule has 1 atom stereocenters. The highest BCUT2D eigenvalue weighted by molar-refractivity contribution is 7.12. The second-order valence-electron chi connectivity index (χ2n) is 3.90. The Kier molecular flexibility index (Phi) is 3.63. The molecule has 0 spiro atoms. The van der Waals surface area contributed by atoms with Crippen LogP contribution < -0.4 is 0 Å². The number of amides is 1. The summed E-state index contributed by atoms with van der Waals surface area (Å²) >= 11 is 6.97. The molecule has 0 aromatic carbocycles. The van der Waals surface area contributed by atoms with Crippen LogP contribution in [0.15, 0.2) is 5.51 Å². The van der Waals surface area contributed by atoms with Crippen molar-refractivity contribution >= 4 is 34.8 Å². The fraction of sp³-hybridized carbons (Fsp3) is 0.500. The minimum Gasteiger partial charge on any atom is -0.481 e. The molecule has 1 amide bonds. The minimum atomic E-state index is -0.849. The van der Waals surface area contributed by atoms with Crippen molar-refractivity contribution in [2.75, 3.05) is 13.1 Å². The van der Waals surface area contributed by atoms with E-state index in [1.54, 1.807) is 4.90 Å². The minimum absolute atomic E-state index is 0.192. The first-order valence-corrected chi connectivity index (χ1v) is 6.46. The van der Waals surface area contributed by atoms with Gasteiger partial charge in [0.2, 0.25) is 0 Å². The lowest BCUT2D eigenvalue weighted by Gasteiger charge is -2.30. The van der Waals surface area contributed by atoms with Crippen LogP contribution in [-0.2, 0) is 4.79 Å². The first kappa shape index (κ1) is 12.3. The number of thiazole rings is 1. The molecule has 0 saturated carbocycles. The van der Waals surface area contributed by atoms with Crippen LogP contribution in [0.4, 0.5) is 0 Å². The number of hydrogen-bond acceptors (Lipinski definition) is 4. The summed E-state index contributed by atoms with van der Waals surface area (Å²) in [5.41, 5.74) is 1.51. The maximum absolute atomic E-state index is 12.1. The number of carbonyl (C=O) groups is 2. The molecule has 0 radical (unpaired) electrons. The van der Waals surface area contributed by atoms with E-state index >= 15 is 0 Å².